The summed E-state index contributed by atoms with van der Waals surface area (Å²) >= 11 is 5.95. The molecule has 0 radical (unpaired) electrons. The number of nitrogens with one attached hydrogen (secondary N) is 1. The van der Waals surface area contributed by atoms with E-state index < -0.39 is 0 Å². The number of fused-ring (bicyclic) bond motifs is 1. The zero-order valence-corrected chi connectivity index (χ0v) is 14.4. The van der Waals surface area contributed by atoms with E-state index in [4.69, 9.17) is 16.0 Å². The maximum absolute atomic E-state index is 12.3. The van der Waals surface area contributed by atoms with E-state index in [0.29, 0.717) is 12.3 Å². The van der Waals surface area contributed by atoms with Gasteiger partial charge in [0.25, 0.3) is 5.91 Å². The van der Waals surface area contributed by atoms with E-state index in [9.17, 15) is 4.79 Å². The van der Waals surface area contributed by atoms with Gasteiger partial charge in [0.15, 0.2) is 5.76 Å². The SMILES string of the molecule is O=C(N[C@H]1CCCc2c1cnn2Cc1ccc(Cl)cc1)c1ccco1. The van der Waals surface area contributed by atoms with Gasteiger partial charge in [-0.2, -0.15) is 5.10 Å². The molecule has 4 rings (SSSR count). The summed E-state index contributed by atoms with van der Waals surface area (Å²) in [4.78, 5) is 12.3. The van der Waals surface area contributed by atoms with Crippen LogP contribution >= 0.6 is 11.6 Å². The van der Waals surface area contributed by atoms with Crippen molar-refractivity contribution >= 4 is 17.5 Å². The number of halogens is 1. The molecule has 0 fully saturated rings. The first-order valence-corrected chi connectivity index (χ1v) is 8.72. The molecule has 0 bridgehead atoms. The Kier molecular flexibility index (Phi) is 4.32. The predicted octanol–water partition coefficient (Wildman–Crippen LogP) is 3.99. The molecule has 0 saturated heterocycles. The number of carbonyl (C=O) groups excluding carboxylic acids is 1. The molecule has 0 aliphatic heterocycles. The largest absolute Gasteiger partial charge is 0.459 e. The smallest absolute Gasteiger partial charge is 0.287 e. The third kappa shape index (κ3) is 3.33. The van der Waals surface area contributed by atoms with Crippen molar-refractivity contribution in [2.24, 2.45) is 0 Å². The summed E-state index contributed by atoms with van der Waals surface area (Å²) in [5.41, 5.74) is 3.43. The third-order valence-electron chi connectivity index (χ3n) is 4.56. The molecule has 128 valence electrons. The minimum absolute atomic E-state index is 0.0275. The van der Waals surface area contributed by atoms with Crippen molar-refractivity contribution in [3.05, 3.63) is 76.5 Å². The molecule has 5 nitrogen and oxygen atoms in total. The van der Waals surface area contributed by atoms with Crippen molar-refractivity contribution < 1.29 is 9.21 Å². The van der Waals surface area contributed by atoms with Crippen molar-refractivity contribution in [3.63, 3.8) is 0 Å². The van der Waals surface area contributed by atoms with Crippen molar-refractivity contribution in [2.45, 2.75) is 31.8 Å². The Hall–Kier alpha value is -2.53. The Bertz CT molecular complexity index is 869. The number of aromatic nitrogens is 2. The molecule has 1 atom stereocenters. The van der Waals surface area contributed by atoms with Crippen LogP contribution in [0.15, 0.2) is 53.3 Å². The molecule has 1 amide bonds. The second kappa shape index (κ2) is 6.76. The highest BCUT2D eigenvalue weighted by atomic mass is 35.5. The first-order valence-electron chi connectivity index (χ1n) is 8.34. The summed E-state index contributed by atoms with van der Waals surface area (Å²) in [6, 6.07) is 11.2. The summed E-state index contributed by atoms with van der Waals surface area (Å²) in [6.07, 6.45) is 6.27. The standard InChI is InChI=1S/C19H18ClN3O2/c20-14-8-6-13(7-9-14)12-23-17-4-1-3-16(15(17)11-21-23)22-19(24)18-5-2-10-25-18/h2,5-11,16H,1,3-4,12H2,(H,22,24)/t16-/m0/s1. The van der Waals surface area contributed by atoms with Crippen molar-refractivity contribution in [3.8, 4) is 0 Å². The molecular weight excluding hydrogens is 338 g/mol. The second-order valence-corrected chi connectivity index (χ2v) is 6.66. The van der Waals surface area contributed by atoms with Gasteiger partial charge in [0.05, 0.1) is 25.0 Å². The summed E-state index contributed by atoms with van der Waals surface area (Å²) in [7, 11) is 0. The minimum atomic E-state index is -0.187. The molecule has 1 aliphatic carbocycles. The Morgan fingerprint density at radius 1 is 1.32 bits per heavy atom. The van der Waals surface area contributed by atoms with Crippen LogP contribution in [0, 0.1) is 0 Å². The maximum Gasteiger partial charge on any atom is 0.287 e. The van der Waals surface area contributed by atoms with E-state index in [2.05, 4.69) is 10.4 Å². The molecule has 2 aromatic heterocycles. The van der Waals surface area contributed by atoms with E-state index in [1.54, 1.807) is 12.1 Å². The number of nitrogens with zero attached hydrogens (tertiary/aromatic N) is 2. The fourth-order valence-corrected chi connectivity index (χ4v) is 3.43. The molecule has 0 unspecified atom stereocenters. The monoisotopic (exact) mass is 355 g/mol. The first-order chi connectivity index (χ1) is 12.2. The van der Waals surface area contributed by atoms with E-state index in [1.165, 1.54) is 12.0 Å². The Morgan fingerprint density at radius 3 is 2.92 bits per heavy atom. The predicted molar refractivity (Wildman–Crippen MR) is 94.6 cm³/mol. The molecule has 3 aromatic rings. The average molecular weight is 356 g/mol. The first kappa shape index (κ1) is 16.0. The van der Waals surface area contributed by atoms with Crippen LogP contribution in [0.2, 0.25) is 5.02 Å². The zero-order valence-electron chi connectivity index (χ0n) is 13.6. The van der Waals surface area contributed by atoms with Crippen LogP contribution in [0.4, 0.5) is 0 Å². The second-order valence-electron chi connectivity index (χ2n) is 6.23. The lowest BCUT2D eigenvalue weighted by atomic mass is 9.93. The van der Waals surface area contributed by atoms with Crippen LogP contribution in [0.5, 0.6) is 0 Å². The van der Waals surface area contributed by atoms with Gasteiger partial charge in [-0.1, -0.05) is 23.7 Å². The van der Waals surface area contributed by atoms with Gasteiger partial charge < -0.3 is 9.73 Å². The summed E-state index contributed by atoms with van der Waals surface area (Å²) in [5, 5.41) is 8.33. The van der Waals surface area contributed by atoms with E-state index in [-0.39, 0.29) is 11.9 Å². The molecule has 1 N–H and O–H groups in total. The highest BCUT2D eigenvalue weighted by Gasteiger charge is 2.26. The lowest BCUT2D eigenvalue weighted by Gasteiger charge is -2.24. The molecule has 25 heavy (non-hydrogen) atoms. The molecule has 2 heterocycles. The lowest BCUT2D eigenvalue weighted by molar-refractivity contribution is 0.0904. The fourth-order valence-electron chi connectivity index (χ4n) is 3.30. The molecule has 1 aromatic carbocycles. The van der Waals surface area contributed by atoms with Gasteiger partial charge in [-0.3, -0.25) is 9.48 Å². The van der Waals surface area contributed by atoms with Crippen LogP contribution in [0.25, 0.3) is 0 Å². The molecule has 0 saturated carbocycles. The topological polar surface area (TPSA) is 60.1 Å². The zero-order chi connectivity index (χ0) is 17.2. The number of hydrogen-bond donors (Lipinski definition) is 1. The Balaban J connectivity index is 1.53. The van der Waals surface area contributed by atoms with Gasteiger partial charge in [0.1, 0.15) is 0 Å². The van der Waals surface area contributed by atoms with E-state index >= 15 is 0 Å². The van der Waals surface area contributed by atoms with Crippen LogP contribution in [0.3, 0.4) is 0 Å². The third-order valence-corrected chi connectivity index (χ3v) is 4.81. The minimum Gasteiger partial charge on any atom is -0.459 e. The summed E-state index contributed by atoms with van der Waals surface area (Å²) in [6.45, 7) is 0.700. The molecule has 1 aliphatic rings. The molecule has 6 heteroatoms. The highest BCUT2D eigenvalue weighted by Crippen LogP contribution is 2.30. The summed E-state index contributed by atoms with van der Waals surface area (Å²) < 4.78 is 7.19. The highest BCUT2D eigenvalue weighted by molar-refractivity contribution is 6.30. The fraction of sp³-hybridized carbons (Fsp3) is 0.263. The van der Waals surface area contributed by atoms with Crippen molar-refractivity contribution in [2.75, 3.05) is 0 Å². The lowest BCUT2D eigenvalue weighted by Crippen LogP contribution is -2.30. The van der Waals surface area contributed by atoms with Crippen LogP contribution < -0.4 is 5.32 Å². The number of benzene rings is 1. The number of carbonyl (C=O) groups is 1. The number of amides is 1. The molecule has 0 spiro atoms. The number of furan rings is 1. The molecular formula is C19H18ClN3O2. The maximum atomic E-state index is 12.3. The van der Waals surface area contributed by atoms with Crippen molar-refractivity contribution in [1.29, 1.82) is 0 Å². The van der Waals surface area contributed by atoms with Crippen LogP contribution in [-0.2, 0) is 13.0 Å². The quantitative estimate of drug-likeness (QED) is 0.769. The van der Waals surface area contributed by atoms with Gasteiger partial charge in [-0.15, -0.1) is 0 Å². The van der Waals surface area contributed by atoms with E-state index in [1.807, 2.05) is 35.1 Å². The van der Waals surface area contributed by atoms with Gasteiger partial charge in [0, 0.05) is 16.3 Å². The number of rotatable bonds is 4. The normalized spacial score (nSPS) is 16.4. The van der Waals surface area contributed by atoms with Crippen molar-refractivity contribution in [1.82, 2.24) is 15.1 Å². The van der Waals surface area contributed by atoms with Crippen LogP contribution in [0.1, 0.15) is 46.3 Å². The Morgan fingerprint density at radius 2 is 2.16 bits per heavy atom. The van der Waals surface area contributed by atoms with Gasteiger partial charge >= 0.3 is 0 Å². The van der Waals surface area contributed by atoms with Gasteiger partial charge in [0.2, 0.25) is 0 Å². The van der Waals surface area contributed by atoms with Gasteiger partial charge in [-0.25, -0.2) is 0 Å². The van der Waals surface area contributed by atoms with E-state index in [0.717, 1.165) is 35.4 Å². The van der Waals surface area contributed by atoms with Gasteiger partial charge in [-0.05, 0) is 49.1 Å². The Labute approximate surface area is 150 Å². The number of hydrogen-bond acceptors (Lipinski definition) is 3. The average Bonchev–Trinajstić information content (AvgIpc) is 3.28. The van der Waals surface area contributed by atoms with Crippen LogP contribution in [-0.4, -0.2) is 15.7 Å². The summed E-state index contributed by atoms with van der Waals surface area (Å²) in [5.74, 6) is 0.147.